The molecule has 2 heterocycles. The quantitative estimate of drug-likeness (QED) is 0.732. The van der Waals surface area contributed by atoms with Gasteiger partial charge in [-0.1, -0.05) is 35.9 Å². The van der Waals surface area contributed by atoms with Crippen molar-refractivity contribution in [3.05, 3.63) is 29.0 Å². The van der Waals surface area contributed by atoms with Gasteiger partial charge < -0.3 is 5.73 Å². The number of nitrogens with two attached hydrogens (primary N) is 1. The van der Waals surface area contributed by atoms with Crippen LogP contribution in [0.1, 0.15) is 12.7 Å². The van der Waals surface area contributed by atoms with Crippen LogP contribution in [0.5, 0.6) is 0 Å². The molecule has 0 spiro atoms. The molecule has 18 heavy (non-hydrogen) atoms. The molecule has 0 bridgehead atoms. The van der Waals surface area contributed by atoms with Crippen molar-refractivity contribution in [2.24, 2.45) is 0 Å². The van der Waals surface area contributed by atoms with Crippen molar-refractivity contribution in [1.29, 1.82) is 0 Å². The highest BCUT2D eigenvalue weighted by Gasteiger charge is 2.14. The Morgan fingerprint density at radius 1 is 1.39 bits per heavy atom. The maximum Gasteiger partial charge on any atom is 0.234 e. The first-order valence-electron chi connectivity index (χ1n) is 5.46. The molecule has 0 atom stereocenters. The van der Waals surface area contributed by atoms with Gasteiger partial charge in [0, 0.05) is 12.0 Å². The average Bonchev–Trinajstić information content (AvgIpc) is 2.92. The van der Waals surface area contributed by atoms with Crippen molar-refractivity contribution in [3.63, 3.8) is 0 Å². The standard InChI is InChI=1S/C11H10ClN5S/c1-2-8-14-15-11-17(8)16-10(18-11)6-4-3-5-7(12)9(6)13/h3-5H,2,13H2,1H3. The van der Waals surface area contributed by atoms with Gasteiger partial charge in [-0.15, -0.1) is 10.2 Å². The van der Waals surface area contributed by atoms with Gasteiger partial charge in [-0.25, -0.2) is 0 Å². The van der Waals surface area contributed by atoms with Gasteiger partial charge >= 0.3 is 0 Å². The molecule has 0 unspecified atom stereocenters. The number of aryl methyl sites for hydroxylation is 1. The second-order valence-electron chi connectivity index (χ2n) is 3.77. The average molecular weight is 280 g/mol. The number of anilines is 1. The smallest absolute Gasteiger partial charge is 0.234 e. The summed E-state index contributed by atoms with van der Waals surface area (Å²) < 4.78 is 1.75. The summed E-state index contributed by atoms with van der Waals surface area (Å²) in [5, 5.41) is 14.0. The van der Waals surface area contributed by atoms with Crippen LogP contribution in [-0.4, -0.2) is 19.8 Å². The second kappa shape index (κ2) is 4.22. The van der Waals surface area contributed by atoms with E-state index in [1.165, 1.54) is 11.3 Å². The van der Waals surface area contributed by atoms with Crippen LogP contribution in [0.4, 0.5) is 5.69 Å². The summed E-state index contributed by atoms with van der Waals surface area (Å²) in [5.74, 6) is 0.841. The third kappa shape index (κ3) is 1.65. The molecule has 3 aromatic rings. The van der Waals surface area contributed by atoms with Gasteiger partial charge in [-0.3, -0.25) is 0 Å². The predicted octanol–water partition coefficient (Wildman–Crippen LogP) is 2.65. The van der Waals surface area contributed by atoms with E-state index in [-0.39, 0.29) is 0 Å². The maximum atomic E-state index is 6.01. The van der Waals surface area contributed by atoms with E-state index in [0.717, 1.165) is 27.8 Å². The van der Waals surface area contributed by atoms with E-state index in [2.05, 4.69) is 15.3 Å². The molecule has 5 nitrogen and oxygen atoms in total. The lowest BCUT2D eigenvalue weighted by Gasteiger charge is -2.02. The number of nitrogens with zero attached hydrogens (tertiary/aromatic N) is 4. The summed E-state index contributed by atoms with van der Waals surface area (Å²) >= 11 is 7.46. The molecule has 2 N–H and O–H groups in total. The second-order valence-corrected chi connectivity index (χ2v) is 5.14. The lowest BCUT2D eigenvalue weighted by molar-refractivity contribution is 0.838. The van der Waals surface area contributed by atoms with E-state index in [1.54, 1.807) is 10.6 Å². The molecular formula is C11H10ClN5S. The summed E-state index contributed by atoms with van der Waals surface area (Å²) in [5.41, 5.74) is 7.34. The molecule has 0 saturated carbocycles. The van der Waals surface area contributed by atoms with Gasteiger partial charge in [-0.05, 0) is 12.1 Å². The number of nitrogen functional groups attached to an aromatic ring is 1. The van der Waals surface area contributed by atoms with Crippen LogP contribution in [0.2, 0.25) is 5.02 Å². The predicted molar refractivity (Wildman–Crippen MR) is 72.9 cm³/mol. The summed E-state index contributed by atoms with van der Waals surface area (Å²) in [6.07, 6.45) is 0.787. The first-order chi connectivity index (χ1) is 8.70. The van der Waals surface area contributed by atoms with Crippen LogP contribution in [0.25, 0.3) is 15.5 Å². The highest BCUT2D eigenvalue weighted by atomic mass is 35.5. The van der Waals surface area contributed by atoms with Crippen LogP contribution in [0, 0.1) is 0 Å². The largest absolute Gasteiger partial charge is 0.397 e. The molecule has 2 aromatic heterocycles. The number of aromatic nitrogens is 4. The molecule has 0 saturated heterocycles. The van der Waals surface area contributed by atoms with E-state index in [4.69, 9.17) is 17.3 Å². The van der Waals surface area contributed by atoms with Crippen molar-refractivity contribution in [2.75, 3.05) is 5.73 Å². The van der Waals surface area contributed by atoms with Crippen LogP contribution in [0.3, 0.4) is 0 Å². The number of benzene rings is 1. The van der Waals surface area contributed by atoms with Crippen LogP contribution < -0.4 is 5.73 Å². The Morgan fingerprint density at radius 2 is 2.22 bits per heavy atom. The number of hydrogen-bond donors (Lipinski definition) is 1. The minimum atomic E-state index is 0.536. The van der Waals surface area contributed by atoms with Crippen LogP contribution >= 0.6 is 22.9 Å². The fourth-order valence-electron chi connectivity index (χ4n) is 1.71. The van der Waals surface area contributed by atoms with Crippen molar-refractivity contribution < 1.29 is 0 Å². The number of fused-ring (bicyclic) bond motifs is 1. The lowest BCUT2D eigenvalue weighted by atomic mass is 10.2. The zero-order valence-corrected chi connectivity index (χ0v) is 11.2. The monoisotopic (exact) mass is 279 g/mol. The topological polar surface area (TPSA) is 69.1 Å². The molecule has 1 aromatic carbocycles. The van der Waals surface area contributed by atoms with Crippen molar-refractivity contribution in [2.45, 2.75) is 13.3 Å². The molecule has 0 fully saturated rings. The van der Waals surface area contributed by atoms with E-state index in [0.29, 0.717) is 10.7 Å². The van der Waals surface area contributed by atoms with Gasteiger partial charge in [0.2, 0.25) is 4.96 Å². The van der Waals surface area contributed by atoms with Gasteiger partial charge in [-0.2, -0.15) is 9.61 Å². The van der Waals surface area contributed by atoms with E-state index >= 15 is 0 Å². The van der Waals surface area contributed by atoms with Crippen molar-refractivity contribution >= 4 is 33.6 Å². The third-order valence-electron chi connectivity index (χ3n) is 2.65. The molecule has 0 aliphatic heterocycles. The Morgan fingerprint density at radius 3 is 3.00 bits per heavy atom. The number of halogens is 1. The number of para-hydroxylation sites is 1. The van der Waals surface area contributed by atoms with Crippen LogP contribution in [-0.2, 0) is 6.42 Å². The molecule has 0 radical (unpaired) electrons. The fraction of sp³-hybridized carbons (Fsp3) is 0.182. The Labute approximate surface area is 112 Å². The summed E-state index contributed by atoms with van der Waals surface area (Å²) in [4.78, 5) is 0.765. The molecular weight excluding hydrogens is 270 g/mol. The SMILES string of the molecule is CCc1nnc2sc(-c3cccc(Cl)c3N)nn12. The molecule has 0 aliphatic rings. The minimum absolute atomic E-state index is 0.536. The first-order valence-corrected chi connectivity index (χ1v) is 6.65. The van der Waals surface area contributed by atoms with Gasteiger partial charge in [0.25, 0.3) is 0 Å². The zero-order chi connectivity index (χ0) is 12.7. The first kappa shape index (κ1) is 11.4. The van der Waals surface area contributed by atoms with Crippen LogP contribution in [0.15, 0.2) is 18.2 Å². The van der Waals surface area contributed by atoms with Crippen molar-refractivity contribution in [3.8, 4) is 10.6 Å². The van der Waals surface area contributed by atoms with E-state index < -0.39 is 0 Å². The highest BCUT2D eigenvalue weighted by Crippen LogP contribution is 2.33. The Balaban J connectivity index is 2.19. The maximum absolute atomic E-state index is 6.01. The zero-order valence-electron chi connectivity index (χ0n) is 9.59. The van der Waals surface area contributed by atoms with Gasteiger partial charge in [0.1, 0.15) is 5.01 Å². The Kier molecular flexibility index (Phi) is 2.68. The third-order valence-corrected chi connectivity index (χ3v) is 3.92. The number of hydrogen-bond acceptors (Lipinski definition) is 5. The molecule has 3 rings (SSSR count). The lowest BCUT2D eigenvalue weighted by Crippen LogP contribution is -1.95. The Bertz CT molecular complexity index is 717. The summed E-state index contributed by atoms with van der Waals surface area (Å²) in [6.45, 7) is 2.02. The number of rotatable bonds is 2. The van der Waals surface area contributed by atoms with E-state index in [9.17, 15) is 0 Å². The minimum Gasteiger partial charge on any atom is -0.397 e. The van der Waals surface area contributed by atoms with Crippen molar-refractivity contribution in [1.82, 2.24) is 19.8 Å². The highest BCUT2D eigenvalue weighted by molar-refractivity contribution is 7.19. The fourth-order valence-corrected chi connectivity index (χ4v) is 2.78. The Hall–Kier alpha value is -1.66. The molecule has 0 aliphatic carbocycles. The van der Waals surface area contributed by atoms with Gasteiger partial charge in [0.15, 0.2) is 5.82 Å². The summed E-state index contributed by atoms with van der Waals surface area (Å²) in [6, 6.07) is 5.52. The molecule has 7 heteroatoms. The van der Waals surface area contributed by atoms with E-state index in [1.807, 2.05) is 19.1 Å². The normalized spacial score (nSPS) is 11.2. The summed E-state index contributed by atoms with van der Waals surface area (Å²) in [7, 11) is 0. The molecule has 0 amide bonds. The molecule has 92 valence electrons. The van der Waals surface area contributed by atoms with Gasteiger partial charge in [0.05, 0.1) is 10.7 Å².